The number of nitrogens with zero attached hydrogens (tertiary/aromatic N) is 6. The van der Waals surface area contributed by atoms with Crippen LogP contribution in [0.15, 0.2) is 34.4 Å². The largest absolute Gasteiger partial charge is 0.370 e. The van der Waals surface area contributed by atoms with Crippen molar-refractivity contribution < 1.29 is 18.7 Å². The first-order chi connectivity index (χ1) is 16.5. The van der Waals surface area contributed by atoms with Crippen molar-refractivity contribution in [3.05, 3.63) is 41.3 Å². The van der Waals surface area contributed by atoms with Gasteiger partial charge >= 0.3 is 0 Å². The quantitative estimate of drug-likeness (QED) is 0.294. The minimum atomic E-state index is -0.548. The van der Waals surface area contributed by atoms with Crippen LogP contribution in [-0.2, 0) is 20.9 Å². The summed E-state index contributed by atoms with van der Waals surface area (Å²) in [6, 6.07) is 4.57. The van der Waals surface area contributed by atoms with Gasteiger partial charge in [0.15, 0.2) is 0 Å². The van der Waals surface area contributed by atoms with Crippen molar-refractivity contribution in [3.63, 3.8) is 0 Å². The Hall–Kier alpha value is -3.48. The van der Waals surface area contributed by atoms with E-state index in [9.17, 15) is 14.0 Å². The van der Waals surface area contributed by atoms with Gasteiger partial charge < -0.3 is 30.4 Å². The van der Waals surface area contributed by atoms with E-state index < -0.39 is 12.1 Å². The minimum Gasteiger partial charge on any atom is -0.370 e. The number of hydrogen-bond acceptors (Lipinski definition) is 9. The van der Waals surface area contributed by atoms with Gasteiger partial charge in [-0.25, -0.2) is 19.1 Å². The van der Waals surface area contributed by atoms with Crippen LogP contribution in [0, 0.1) is 5.82 Å². The standard InChI is InChI=1S/C22H27FN8O3/c1-29-21-16(10-26-22(29)28-18(9-24)12-25-2-4-32)11-27-31(21)13-15-6-17(23)8-19(7-15)30-3-5-34-14-20(30)33/h4,6-8,10-11,22,25H,2-3,5,9,12-14,24H2,1H3. The molecule has 180 valence electrons. The number of benzene rings is 1. The number of carbonyl (C=O) groups is 2. The lowest BCUT2D eigenvalue weighted by atomic mass is 10.1. The molecule has 2 aromatic rings. The second-order valence-corrected chi connectivity index (χ2v) is 7.93. The number of aliphatic imine (C=N–C) groups is 2. The van der Waals surface area contributed by atoms with E-state index in [2.05, 4.69) is 20.4 Å². The second kappa shape index (κ2) is 10.6. The molecule has 12 heteroatoms. The van der Waals surface area contributed by atoms with Crippen LogP contribution in [-0.4, -0.2) is 86.6 Å². The molecule has 0 aliphatic carbocycles. The average Bonchev–Trinajstić information content (AvgIpc) is 3.23. The highest BCUT2D eigenvalue weighted by Gasteiger charge is 2.25. The third-order valence-electron chi connectivity index (χ3n) is 5.53. The van der Waals surface area contributed by atoms with E-state index in [1.165, 1.54) is 17.0 Å². The van der Waals surface area contributed by atoms with Crippen LogP contribution in [0.3, 0.4) is 0 Å². The van der Waals surface area contributed by atoms with Gasteiger partial charge in [0, 0.05) is 44.3 Å². The Balaban J connectivity index is 1.56. The molecule has 0 bridgehead atoms. The molecular formula is C22H27FN8O3. The van der Waals surface area contributed by atoms with E-state index in [1.807, 2.05) is 11.9 Å². The number of morpholine rings is 1. The molecule has 11 nitrogen and oxygen atoms in total. The van der Waals surface area contributed by atoms with Crippen molar-refractivity contribution in [1.29, 1.82) is 0 Å². The highest BCUT2D eigenvalue weighted by Crippen LogP contribution is 2.27. The second-order valence-electron chi connectivity index (χ2n) is 7.93. The summed E-state index contributed by atoms with van der Waals surface area (Å²) < 4.78 is 21.4. The zero-order valence-electron chi connectivity index (χ0n) is 18.9. The zero-order valence-corrected chi connectivity index (χ0v) is 18.9. The molecular weight excluding hydrogens is 443 g/mol. The number of fused-ring (bicyclic) bond motifs is 1. The van der Waals surface area contributed by atoms with Gasteiger partial charge in [-0.1, -0.05) is 0 Å². The van der Waals surface area contributed by atoms with Crippen LogP contribution in [0.5, 0.6) is 0 Å². The Labute approximate surface area is 196 Å². The molecule has 0 spiro atoms. The predicted octanol–water partition coefficient (Wildman–Crippen LogP) is -0.226. The summed E-state index contributed by atoms with van der Waals surface area (Å²) in [5.74, 6) is 0.143. The van der Waals surface area contributed by atoms with Crippen molar-refractivity contribution >= 4 is 35.6 Å². The summed E-state index contributed by atoms with van der Waals surface area (Å²) in [5, 5.41) is 7.41. The number of carbonyl (C=O) groups excluding carboxylic acids is 2. The predicted molar refractivity (Wildman–Crippen MR) is 126 cm³/mol. The summed E-state index contributed by atoms with van der Waals surface area (Å²) in [6.07, 6.45) is 3.62. The Morgan fingerprint density at radius 3 is 3.03 bits per heavy atom. The van der Waals surface area contributed by atoms with Crippen LogP contribution in [0.25, 0.3) is 0 Å². The smallest absolute Gasteiger partial charge is 0.253 e. The maximum Gasteiger partial charge on any atom is 0.253 e. The SMILES string of the molecule is CN1c2c(cnn2Cc2cc(F)cc(N3CCOCC3=O)c2)C=NC1N=C(CN)CNCC=O. The van der Waals surface area contributed by atoms with Crippen molar-refractivity contribution in [2.75, 3.05) is 56.2 Å². The number of halogens is 1. The number of rotatable bonds is 9. The van der Waals surface area contributed by atoms with Gasteiger partial charge in [0.05, 0.1) is 31.5 Å². The van der Waals surface area contributed by atoms with Gasteiger partial charge in [0.2, 0.25) is 6.29 Å². The number of hydrogen-bond donors (Lipinski definition) is 2. The Morgan fingerprint density at radius 1 is 1.41 bits per heavy atom. The van der Waals surface area contributed by atoms with E-state index >= 15 is 0 Å². The summed E-state index contributed by atoms with van der Waals surface area (Å²) in [6.45, 7) is 1.88. The molecule has 3 heterocycles. The van der Waals surface area contributed by atoms with E-state index in [-0.39, 0.29) is 32.1 Å². The van der Waals surface area contributed by atoms with E-state index in [0.717, 1.165) is 17.7 Å². The number of aromatic nitrogens is 2. The molecule has 34 heavy (non-hydrogen) atoms. The third-order valence-corrected chi connectivity index (χ3v) is 5.53. The first-order valence-corrected chi connectivity index (χ1v) is 10.9. The number of nitrogens with two attached hydrogens (primary N) is 1. The first kappa shape index (κ1) is 23.7. The summed E-state index contributed by atoms with van der Waals surface area (Å²) in [4.78, 5) is 35.2. The molecule has 3 N–H and O–H groups in total. The van der Waals surface area contributed by atoms with Gasteiger partial charge in [-0.15, -0.1) is 0 Å². The first-order valence-electron chi connectivity index (χ1n) is 10.9. The molecule has 0 radical (unpaired) electrons. The maximum absolute atomic E-state index is 14.4. The molecule has 1 aromatic heterocycles. The lowest BCUT2D eigenvalue weighted by molar-refractivity contribution is -0.125. The van der Waals surface area contributed by atoms with Crippen LogP contribution in [0.1, 0.15) is 11.1 Å². The fourth-order valence-electron chi connectivity index (χ4n) is 3.92. The van der Waals surface area contributed by atoms with Gasteiger partial charge in [-0.3, -0.25) is 4.79 Å². The Kier molecular flexibility index (Phi) is 7.40. The molecule has 2 aliphatic heterocycles. The Morgan fingerprint density at radius 2 is 2.26 bits per heavy atom. The van der Waals surface area contributed by atoms with Crippen LogP contribution < -0.4 is 20.9 Å². The number of anilines is 2. The fraction of sp³-hybridized carbons (Fsp3) is 0.409. The summed E-state index contributed by atoms with van der Waals surface area (Å²) >= 11 is 0. The third kappa shape index (κ3) is 5.19. The van der Waals surface area contributed by atoms with Crippen molar-refractivity contribution in [3.8, 4) is 0 Å². The summed E-state index contributed by atoms with van der Waals surface area (Å²) in [7, 11) is 1.85. The van der Waals surface area contributed by atoms with E-state index in [0.29, 0.717) is 36.7 Å². The van der Waals surface area contributed by atoms with Gasteiger partial charge in [-0.2, -0.15) is 5.10 Å². The zero-order chi connectivity index (χ0) is 24.1. The maximum atomic E-state index is 14.4. The minimum absolute atomic E-state index is 0.0139. The monoisotopic (exact) mass is 470 g/mol. The lowest BCUT2D eigenvalue weighted by Crippen LogP contribution is -2.41. The molecule has 1 atom stereocenters. The topological polar surface area (TPSA) is 130 Å². The molecule has 4 rings (SSSR count). The van der Waals surface area contributed by atoms with Crippen LogP contribution in [0.4, 0.5) is 15.9 Å². The van der Waals surface area contributed by atoms with Crippen molar-refractivity contribution in [2.45, 2.75) is 12.8 Å². The van der Waals surface area contributed by atoms with E-state index in [1.54, 1.807) is 23.2 Å². The van der Waals surface area contributed by atoms with Crippen molar-refractivity contribution in [2.24, 2.45) is 15.7 Å². The van der Waals surface area contributed by atoms with Gasteiger partial charge in [-0.05, 0) is 23.8 Å². The fourth-order valence-corrected chi connectivity index (χ4v) is 3.92. The normalized spacial score (nSPS) is 18.4. The van der Waals surface area contributed by atoms with Crippen molar-refractivity contribution in [1.82, 2.24) is 15.1 Å². The Bertz CT molecular complexity index is 1120. The molecule has 1 unspecified atom stereocenters. The summed E-state index contributed by atoms with van der Waals surface area (Å²) in [5.41, 5.74) is 8.45. The average molecular weight is 471 g/mol. The number of aldehydes is 1. The van der Waals surface area contributed by atoms with Crippen LogP contribution >= 0.6 is 0 Å². The highest BCUT2D eigenvalue weighted by atomic mass is 19.1. The van der Waals surface area contributed by atoms with Gasteiger partial charge in [0.1, 0.15) is 24.5 Å². The van der Waals surface area contributed by atoms with Crippen LogP contribution in [0.2, 0.25) is 0 Å². The van der Waals surface area contributed by atoms with Gasteiger partial charge in [0.25, 0.3) is 5.91 Å². The number of amides is 1. The molecule has 2 aliphatic rings. The lowest BCUT2D eigenvalue weighted by Gasteiger charge is -2.29. The highest BCUT2D eigenvalue weighted by molar-refractivity contribution is 5.95. The molecule has 1 aromatic carbocycles. The molecule has 0 saturated carbocycles. The molecule has 1 amide bonds. The number of nitrogens with one attached hydrogen (secondary N) is 1. The number of ether oxygens (including phenoxy) is 1. The molecule has 1 saturated heterocycles. The van der Waals surface area contributed by atoms with E-state index in [4.69, 9.17) is 10.5 Å². The molecule has 1 fully saturated rings.